The first kappa shape index (κ1) is 17.3. The lowest BCUT2D eigenvalue weighted by molar-refractivity contribution is 0.0663. The molecule has 1 spiro atoms. The second kappa shape index (κ2) is 6.22. The number of amides is 3. The molecule has 4 rings (SSSR count). The predicted octanol–water partition coefficient (Wildman–Crippen LogP) is 1.34. The zero-order valence-electron chi connectivity index (χ0n) is 15.5. The molecule has 0 aliphatic carbocycles. The Morgan fingerprint density at radius 3 is 2.78 bits per heavy atom. The Kier molecular flexibility index (Phi) is 3.97. The third-order valence-corrected chi connectivity index (χ3v) is 5.25. The van der Waals surface area contributed by atoms with Crippen LogP contribution in [0.2, 0.25) is 0 Å². The second-order valence-corrected chi connectivity index (χ2v) is 7.20. The molecule has 0 saturated carbocycles. The van der Waals surface area contributed by atoms with Gasteiger partial charge in [-0.05, 0) is 47.5 Å². The summed E-state index contributed by atoms with van der Waals surface area (Å²) in [6, 6.07) is 3.58. The van der Waals surface area contributed by atoms with Crippen molar-refractivity contribution in [1.82, 2.24) is 30.0 Å². The third kappa shape index (κ3) is 3.07. The van der Waals surface area contributed by atoms with Gasteiger partial charge in [0.1, 0.15) is 6.33 Å². The molecule has 0 radical (unpaired) electrons. The number of likely N-dealkylation sites (tertiary alicyclic amines) is 1. The van der Waals surface area contributed by atoms with Crippen LogP contribution in [0.25, 0.3) is 5.69 Å². The number of anilines is 1. The predicted molar refractivity (Wildman–Crippen MR) is 95.7 cm³/mol. The van der Waals surface area contributed by atoms with Crippen molar-refractivity contribution in [2.45, 2.75) is 25.9 Å². The summed E-state index contributed by atoms with van der Waals surface area (Å²) >= 11 is 0. The van der Waals surface area contributed by atoms with E-state index < -0.39 is 5.60 Å². The van der Waals surface area contributed by atoms with Gasteiger partial charge in [0.2, 0.25) is 0 Å². The maximum atomic E-state index is 12.8. The van der Waals surface area contributed by atoms with Crippen molar-refractivity contribution in [3.05, 3.63) is 29.6 Å². The summed E-state index contributed by atoms with van der Waals surface area (Å²) in [7, 11) is 1.70. The van der Waals surface area contributed by atoms with Crippen LogP contribution in [0.3, 0.4) is 0 Å². The van der Waals surface area contributed by atoms with Gasteiger partial charge in [-0.25, -0.2) is 14.3 Å². The molecule has 10 nitrogen and oxygen atoms in total. The van der Waals surface area contributed by atoms with Gasteiger partial charge in [-0.1, -0.05) is 0 Å². The summed E-state index contributed by atoms with van der Waals surface area (Å²) in [6.45, 7) is 5.35. The molecule has 3 amide bonds. The van der Waals surface area contributed by atoms with Crippen LogP contribution < -0.4 is 5.32 Å². The van der Waals surface area contributed by atoms with Gasteiger partial charge in [0.25, 0.3) is 0 Å². The summed E-state index contributed by atoms with van der Waals surface area (Å²) in [4.78, 5) is 27.7. The number of ether oxygens (including phenoxy) is 1. The van der Waals surface area contributed by atoms with Gasteiger partial charge in [-0.3, -0.25) is 0 Å². The van der Waals surface area contributed by atoms with Gasteiger partial charge in [-0.2, -0.15) is 0 Å². The Hall–Kier alpha value is -3.17. The van der Waals surface area contributed by atoms with E-state index in [0.717, 1.165) is 16.8 Å². The first-order valence-corrected chi connectivity index (χ1v) is 8.71. The van der Waals surface area contributed by atoms with Crippen molar-refractivity contribution in [3.8, 4) is 5.69 Å². The molecule has 1 N–H and O–H groups in total. The van der Waals surface area contributed by atoms with Crippen molar-refractivity contribution in [2.24, 2.45) is 0 Å². The number of hydrogen-bond donors (Lipinski definition) is 1. The van der Waals surface area contributed by atoms with Crippen LogP contribution in [0.4, 0.5) is 15.3 Å². The van der Waals surface area contributed by atoms with Gasteiger partial charge in [0.15, 0.2) is 5.60 Å². The van der Waals surface area contributed by atoms with E-state index in [1.807, 2.05) is 26.0 Å². The molecule has 1 aromatic heterocycles. The smallest absolute Gasteiger partial charge is 0.410 e. The number of aromatic nitrogens is 4. The minimum Gasteiger partial charge on any atom is -0.439 e. The lowest BCUT2D eigenvalue weighted by atomic mass is 10.0. The van der Waals surface area contributed by atoms with E-state index in [9.17, 15) is 9.59 Å². The zero-order chi connectivity index (χ0) is 19.2. The number of aryl methyl sites for hydroxylation is 1. The van der Waals surface area contributed by atoms with E-state index in [0.29, 0.717) is 31.7 Å². The summed E-state index contributed by atoms with van der Waals surface area (Å²) in [6.07, 6.45) is 1.81. The Morgan fingerprint density at radius 1 is 1.30 bits per heavy atom. The Morgan fingerprint density at radius 2 is 2.11 bits per heavy atom. The summed E-state index contributed by atoms with van der Waals surface area (Å²) in [5.41, 5.74) is 2.86. The van der Waals surface area contributed by atoms with Crippen LogP contribution in [-0.2, 0) is 4.74 Å². The molecule has 2 aliphatic rings. The third-order valence-electron chi connectivity index (χ3n) is 5.25. The Labute approximate surface area is 156 Å². The van der Waals surface area contributed by atoms with Crippen molar-refractivity contribution >= 4 is 17.8 Å². The zero-order valence-corrected chi connectivity index (χ0v) is 15.5. The number of hydrogen-bond acceptors (Lipinski definition) is 6. The fraction of sp³-hybridized carbons (Fsp3) is 0.471. The average Bonchev–Trinajstić information content (AvgIpc) is 3.34. The molecule has 1 aromatic carbocycles. The van der Waals surface area contributed by atoms with E-state index in [1.165, 1.54) is 6.33 Å². The minimum atomic E-state index is -0.595. The number of benzene rings is 1. The monoisotopic (exact) mass is 371 g/mol. The summed E-state index contributed by atoms with van der Waals surface area (Å²) < 4.78 is 7.05. The van der Waals surface area contributed by atoms with E-state index in [4.69, 9.17) is 4.74 Å². The second-order valence-electron chi connectivity index (χ2n) is 7.20. The number of tetrazole rings is 1. The Bertz CT molecular complexity index is 898. The number of rotatable bonds is 2. The quantitative estimate of drug-likeness (QED) is 0.854. The molecule has 142 valence electrons. The number of nitrogens with one attached hydrogen (secondary N) is 1. The molecule has 2 fully saturated rings. The van der Waals surface area contributed by atoms with E-state index in [1.54, 1.807) is 21.5 Å². The highest BCUT2D eigenvalue weighted by Crippen LogP contribution is 2.32. The van der Waals surface area contributed by atoms with Crippen LogP contribution in [0.1, 0.15) is 17.5 Å². The number of urea groups is 1. The molecule has 2 aliphatic heterocycles. The first-order valence-electron chi connectivity index (χ1n) is 8.71. The highest BCUT2D eigenvalue weighted by atomic mass is 16.6. The van der Waals surface area contributed by atoms with Gasteiger partial charge >= 0.3 is 12.1 Å². The minimum absolute atomic E-state index is 0.214. The van der Waals surface area contributed by atoms with E-state index in [-0.39, 0.29) is 12.1 Å². The fourth-order valence-electron chi connectivity index (χ4n) is 3.60. The molecule has 2 saturated heterocycles. The molecular formula is C17H21N7O3. The van der Waals surface area contributed by atoms with Gasteiger partial charge in [0, 0.05) is 25.7 Å². The van der Waals surface area contributed by atoms with Crippen LogP contribution in [0.15, 0.2) is 18.5 Å². The molecule has 0 bridgehead atoms. The van der Waals surface area contributed by atoms with E-state index in [2.05, 4.69) is 20.8 Å². The van der Waals surface area contributed by atoms with Crippen LogP contribution in [-0.4, -0.2) is 74.4 Å². The van der Waals surface area contributed by atoms with Crippen LogP contribution in [0, 0.1) is 13.8 Å². The van der Waals surface area contributed by atoms with Gasteiger partial charge in [0.05, 0.1) is 18.8 Å². The van der Waals surface area contributed by atoms with Gasteiger partial charge in [-0.15, -0.1) is 5.10 Å². The molecule has 0 unspecified atom stereocenters. The van der Waals surface area contributed by atoms with Crippen LogP contribution >= 0.6 is 0 Å². The van der Waals surface area contributed by atoms with Crippen molar-refractivity contribution in [2.75, 3.05) is 32.0 Å². The summed E-state index contributed by atoms with van der Waals surface area (Å²) in [5.74, 6) is 0. The molecular weight excluding hydrogens is 350 g/mol. The fourth-order valence-corrected chi connectivity index (χ4v) is 3.60. The highest BCUT2D eigenvalue weighted by molar-refractivity contribution is 5.91. The normalized spacial score (nSPS) is 21.8. The average molecular weight is 371 g/mol. The lowest BCUT2D eigenvalue weighted by Crippen LogP contribution is -2.40. The molecule has 2 aromatic rings. The largest absolute Gasteiger partial charge is 0.439 e. The SMILES string of the molecule is Cc1cc(-n2cnnn2)cc(NC(=O)N2CC[C@@]3(CN(C)C(=O)O3)C2)c1C. The van der Waals surface area contributed by atoms with Crippen molar-refractivity contribution in [3.63, 3.8) is 0 Å². The van der Waals surface area contributed by atoms with Crippen molar-refractivity contribution in [1.29, 1.82) is 0 Å². The van der Waals surface area contributed by atoms with Gasteiger partial charge < -0.3 is 19.9 Å². The topological polar surface area (TPSA) is 105 Å². The number of carbonyl (C=O) groups excluding carboxylic acids is 2. The van der Waals surface area contributed by atoms with Crippen LogP contribution in [0.5, 0.6) is 0 Å². The molecule has 27 heavy (non-hydrogen) atoms. The lowest BCUT2D eigenvalue weighted by Gasteiger charge is -2.22. The Balaban J connectivity index is 1.51. The standard InChI is InChI=1S/C17H21N7O3/c1-11-6-13(24-10-18-20-21-24)7-14(12(11)2)19-15(25)23-5-4-17(9-23)8-22(3)16(26)27-17/h6-7,10H,4-5,8-9H2,1-3H3,(H,19,25)/t17-/m1/s1. The first-order chi connectivity index (χ1) is 12.9. The van der Waals surface area contributed by atoms with E-state index >= 15 is 0 Å². The molecule has 1 atom stereocenters. The number of carbonyl (C=O) groups is 2. The number of nitrogens with zero attached hydrogens (tertiary/aromatic N) is 6. The number of likely N-dealkylation sites (N-methyl/N-ethyl adjacent to an activating group) is 1. The molecule has 3 heterocycles. The highest BCUT2D eigenvalue weighted by Gasteiger charge is 2.49. The van der Waals surface area contributed by atoms with Crippen molar-refractivity contribution < 1.29 is 14.3 Å². The maximum Gasteiger partial charge on any atom is 0.410 e. The molecule has 10 heteroatoms. The maximum absolute atomic E-state index is 12.8. The summed E-state index contributed by atoms with van der Waals surface area (Å²) in [5, 5.41) is 14.2.